The van der Waals surface area contributed by atoms with Crippen molar-refractivity contribution in [1.29, 1.82) is 0 Å². The van der Waals surface area contributed by atoms with Gasteiger partial charge in [-0.25, -0.2) is 0 Å². The van der Waals surface area contributed by atoms with Crippen molar-refractivity contribution in [3.05, 3.63) is 75.3 Å². The van der Waals surface area contributed by atoms with Crippen molar-refractivity contribution in [2.75, 3.05) is 0 Å². The maximum absolute atomic E-state index is 13.4. The number of benzene rings is 1. The van der Waals surface area contributed by atoms with E-state index in [0.717, 1.165) is 5.56 Å². The smallest absolute Gasteiger partial charge is 0.395 e. The zero-order valence-electron chi connectivity index (χ0n) is 19.1. The minimum Gasteiger partial charge on any atom is -0.395 e. The number of hydrogen-bond donors (Lipinski definition) is 1. The number of aromatic amines is 1. The number of H-pyrrole nitrogens is 1. The van der Waals surface area contributed by atoms with Gasteiger partial charge in [0.05, 0.1) is 16.7 Å². The van der Waals surface area contributed by atoms with Gasteiger partial charge in [-0.3, -0.25) is 19.4 Å². The third-order valence-corrected chi connectivity index (χ3v) is 6.53. The topological polar surface area (TPSA) is 98.3 Å². The maximum atomic E-state index is 13.4. The van der Waals surface area contributed by atoms with E-state index >= 15 is 0 Å². The molecule has 182 valence electrons. The van der Waals surface area contributed by atoms with Gasteiger partial charge in [0.15, 0.2) is 17.3 Å². The Bertz CT molecular complexity index is 1430. The fraction of sp³-hybridized carbons (Fsp3) is 0.308. The number of fused-ring (bicyclic) bond motifs is 1. The van der Waals surface area contributed by atoms with Gasteiger partial charge in [0.1, 0.15) is 5.78 Å². The number of alkyl halides is 2. The number of aryl methyl sites for hydroxylation is 1. The molecule has 0 radical (unpaired) electrons. The highest BCUT2D eigenvalue weighted by atomic mass is 19.3. The Morgan fingerprint density at radius 3 is 2.57 bits per heavy atom. The normalized spacial score (nSPS) is 16.7. The number of ketones is 2. The molecule has 1 aliphatic carbocycles. The first-order valence-corrected chi connectivity index (χ1v) is 11.3. The quantitative estimate of drug-likeness (QED) is 0.488. The number of hydrogen-bond acceptors (Lipinski definition) is 6. The number of carbonyl (C=O) groups excluding carboxylic acids is 2. The van der Waals surface area contributed by atoms with Crippen molar-refractivity contribution < 1.29 is 29.3 Å². The van der Waals surface area contributed by atoms with Crippen molar-refractivity contribution in [3.63, 3.8) is 0 Å². The second-order valence-corrected chi connectivity index (χ2v) is 8.89. The molecule has 2 aliphatic rings. The zero-order chi connectivity index (χ0) is 25.0. The van der Waals surface area contributed by atoms with E-state index in [1.165, 1.54) is 24.4 Å². The van der Waals surface area contributed by atoms with E-state index in [0.29, 0.717) is 35.4 Å². The summed E-state index contributed by atoms with van der Waals surface area (Å²) in [6, 6.07) is 9.58. The molecule has 1 fully saturated rings. The SMILES string of the molecule is CCC(=O)c1cc(-c2nc(CC(=O)C3(c4ccc5c(c4)OC(F)(F)O5)CC3)ccc2C)c[nH]c1=O.[HH]. The Labute approximate surface area is 200 Å². The van der Waals surface area contributed by atoms with Crippen molar-refractivity contribution in [1.82, 2.24) is 9.97 Å². The predicted octanol–water partition coefficient (Wildman–Crippen LogP) is 4.75. The lowest BCUT2D eigenvalue weighted by atomic mass is 9.88. The highest BCUT2D eigenvalue weighted by Gasteiger charge is 2.52. The van der Waals surface area contributed by atoms with Crippen LogP contribution in [0.5, 0.6) is 11.5 Å². The number of halogens is 2. The summed E-state index contributed by atoms with van der Waals surface area (Å²) in [6.45, 7) is 3.54. The Morgan fingerprint density at radius 1 is 1.11 bits per heavy atom. The summed E-state index contributed by atoms with van der Waals surface area (Å²) in [5.74, 6) is -0.491. The summed E-state index contributed by atoms with van der Waals surface area (Å²) in [7, 11) is 0. The number of aromatic nitrogens is 2. The molecule has 1 saturated carbocycles. The lowest BCUT2D eigenvalue weighted by molar-refractivity contribution is -0.286. The molecule has 0 amide bonds. The standard InChI is InChI=1S/C26H22F2N2O5.H2/c1-3-19(31)18-10-15(13-29-24(18)33)23-14(2)4-6-17(30-23)12-22(32)25(8-9-25)16-5-7-20-21(11-16)35-26(27,28)34-20;/h4-7,10-11,13H,3,8-9,12H2,1-2H3,(H,29,33);1H. The number of Topliss-reactive ketones (excluding diaryl/α,β-unsaturated/α-hetero) is 2. The second-order valence-electron chi connectivity index (χ2n) is 8.89. The van der Waals surface area contributed by atoms with Crippen LogP contribution in [0.1, 0.15) is 54.8 Å². The van der Waals surface area contributed by atoms with Gasteiger partial charge >= 0.3 is 6.29 Å². The van der Waals surface area contributed by atoms with Gasteiger partial charge < -0.3 is 14.5 Å². The largest absolute Gasteiger partial charge is 0.586 e. The van der Waals surface area contributed by atoms with Gasteiger partial charge in [-0.2, -0.15) is 0 Å². The van der Waals surface area contributed by atoms with E-state index < -0.39 is 17.3 Å². The zero-order valence-corrected chi connectivity index (χ0v) is 19.1. The molecular weight excluding hydrogens is 458 g/mol. The summed E-state index contributed by atoms with van der Waals surface area (Å²) in [5.41, 5.74) is 1.93. The van der Waals surface area contributed by atoms with Crippen molar-refractivity contribution in [2.45, 2.75) is 51.2 Å². The van der Waals surface area contributed by atoms with Crippen LogP contribution in [-0.4, -0.2) is 27.8 Å². The molecule has 1 aromatic carbocycles. The number of rotatable bonds is 7. The molecule has 9 heteroatoms. The van der Waals surface area contributed by atoms with Crippen LogP contribution in [0.2, 0.25) is 0 Å². The molecule has 7 nitrogen and oxygen atoms in total. The number of pyridine rings is 2. The summed E-state index contributed by atoms with van der Waals surface area (Å²) in [4.78, 5) is 44.8. The van der Waals surface area contributed by atoms with Gasteiger partial charge in [-0.1, -0.05) is 19.1 Å². The molecule has 3 heterocycles. The van der Waals surface area contributed by atoms with E-state index in [2.05, 4.69) is 19.4 Å². The molecule has 1 aliphatic heterocycles. The van der Waals surface area contributed by atoms with Crippen LogP contribution >= 0.6 is 0 Å². The average Bonchev–Trinajstić information content (AvgIpc) is 3.57. The predicted molar refractivity (Wildman–Crippen MR) is 124 cm³/mol. The van der Waals surface area contributed by atoms with Crippen molar-refractivity contribution in [3.8, 4) is 22.8 Å². The Kier molecular flexibility index (Phi) is 5.30. The first-order chi connectivity index (χ1) is 16.6. The lowest BCUT2D eigenvalue weighted by Gasteiger charge is -2.16. The number of nitrogens with zero attached hydrogens (tertiary/aromatic N) is 1. The number of carbonyl (C=O) groups is 2. The van der Waals surface area contributed by atoms with Crippen molar-refractivity contribution in [2.24, 2.45) is 0 Å². The van der Waals surface area contributed by atoms with Crippen LogP contribution in [0.3, 0.4) is 0 Å². The molecule has 0 unspecified atom stereocenters. The summed E-state index contributed by atoms with van der Waals surface area (Å²) < 4.78 is 35.8. The van der Waals surface area contributed by atoms with Crippen LogP contribution in [0, 0.1) is 6.92 Å². The highest BCUT2D eigenvalue weighted by Crippen LogP contribution is 2.52. The molecule has 0 bridgehead atoms. The molecule has 0 saturated heterocycles. The molecule has 2 aromatic heterocycles. The first kappa shape index (κ1) is 22.9. The highest BCUT2D eigenvalue weighted by molar-refractivity contribution is 5.96. The molecule has 1 N–H and O–H groups in total. The van der Waals surface area contributed by atoms with Crippen LogP contribution in [0.25, 0.3) is 11.3 Å². The van der Waals surface area contributed by atoms with E-state index in [4.69, 9.17) is 0 Å². The van der Waals surface area contributed by atoms with Crippen LogP contribution in [0.15, 0.2) is 47.4 Å². The third kappa shape index (κ3) is 4.11. The second kappa shape index (κ2) is 8.11. The minimum atomic E-state index is -3.72. The van der Waals surface area contributed by atoms with Crippen LogP contribution in [0.4, 0.5) is 8.78 Å². The Morgan fingerprint density at radius 2 is 1.86 bits per heavy atom. The maximum Gasteiger partial charge on any atom is 0.586 e. The van der Waals surface area contributed by atoms with E-state index in [1.54, 1.807) is 19.1 Å². The minimum absolute atomic E-state index is 0. The summed E-state index contributed by atoms with van der Waals surface area (Å²) in [5, 5.41) is 0. The molecule has 5 rings (SSSR count). The fourth-order valence-corrected chi connectivity index (χ4v) is 4.41. The molecular formula is C26H24F2N2O5. The molecule has 0 spiro atoms. The van der Waals surface area contributed by atoms with Gasteiger partial charge in [0.25, 0.3) is 5.56 Å². The number of ether oxygens (including phenoxy) is 2. The fourth-order valence-electron chi connectivity index (χ4n) is 4.41. The van der Waals surface area contributed by atoms with Crippen molar-refractivity contribution >= 4 is 11.6 Å². The van der Waals surface area contributed by atoms with Gasteiger partial charge in [-0.05, 0) is 55.2 Å². The van der Waals surface area contributed by atoms with E-state index in [-0.39, 0.29) is 42.9 Å². The summed E-state index contributed by atoms with van der Waals surface area (Å²) >= 11 is 0. The Balaban J connectivity index is 0.00000304. The van der Waals surface area contributed by atoms with Crippen LogP contribution in [-0.2, 0) is 16.6 Å². The molecule has 0 atom stereocenters. The van der Waals surface area contributed by atoms with Gasteiger partial charge in [0, 0.05) is 31.7 Å². The molecule has 35 heavy (non-hydrogen) atoms. The summed E-state index contributed by atoms with van der Waals surface area (Å²) in [6.07, 6.45) is -0.769. The molecule has 3 aromatic rings. The lowest BCUT2D eigenvalue weighted by Crippen LogP contribution is -2.26. The van der Waals surface area contributed by atoms with Crippen LogP contribution < -0.4 is 15.0 Å². The van der Waals surface area contributed by atoms with Gasteiger partial charge in [-0.15, -0.1) is 8.78 Å². The third-order valence-electron chi connectivity index (χ3n) is 6.53. The van der Waals surface area contributed by atoms with E-state index in [9.17, 15) is 23.2 Å². The number of nitrogens with one attached hydrogen (secondary N) is 1. The Hall–Kier alpha value is -3.88. The first-order valence-electron chi connectivity index (χ1n) is 11.3. The average molecular weight is 482 g/mol. The van der Waals surface area contributed by atoms with E-state index in [1.807, 2.05) is 13.0 Å². The van der Waals surface area contributed by atoms with Gasteiger partial charge in [0.2, 0.25) is 0 Å². The monoisotopic (exact) mass is 482 g/mol.